The van der Waals surface area contributed by atoms with Crippen molar-refractivity contribution in [3.63, 3.8) is 0 Å². The van der Waals surface area contributed by atoms with Crippen LogP contribution < -0.4 is 5.56 Å². The zero-order valence-corrected chi connectivity index (χ0v) is 16.2. The van der Waals surface area contributed by atoms with Gasteiger partial charge in [0, 0.05) is 20.0 Å². The Labute approximate surface area is 162 Å². The largest absolute Gasteiger partial charge is 0.289 e. The first-order chi connectivity index (χ1) is 12.0. The third-order valence-electron chi connectivity index (χ3n) is 3.50. The van der Waals surface area contributed by atoms with Crippen molar-refractivity contribution < 1.29 is 0 Å². The van der Waals surface area contributed by atoms with Crippen molar-refractivity contribution in [2.45, 2.75) is 16.8 Å². The van der Waals surface area contributed by atoms with Crippen LogP contribution in [0, 0.1) is 18.3 Å². The molecular formula is C18H11BrClN3OS. The van der Waals surface area contributed by atoms with Gasteiger partial charge in [-0.3, -0.25) is 4.79 Å². The van der Waals surface area contributed by atoms with Gasteiger partial charge in [-0.15, -0.1) is 0 Å². The maximum Gasteiger partial charge on any atom is 0.289 e. The van der Waals surface area contributed by atoms with E-state index in [0.717, 1.165) is 9.37 Å². The van der Waals surface area contributed by atoms with Crippen molar-refractivity contribution in [2.24, 2.45) is 0 Å². The summed E-state index contributed by atoms with van der Waals surface area (Å²) < 4.78 is 2.16. The monoisotopic (exact) mass is 431 g/mol. The van der Waals surface area contributed by atoms with E-state index in [1.807, 2.05) is 30.3 Å². The van der Waals surface area contributed by atoms with Crippen LogP contribution in [0.2, 0.25) is 5.02 Å². The average molecular weight is 433 g/mol. The summed E-state index contributed by atoms with van der Waals surface area (Å²) in [6, 6.07) is 16.5. The minimum Gasteiger partial charge on any atom is -0.266 e. The molecule has 3 aromatic rings. The van der Waals surface area contributed by atoms with Crippen LogP contribution in [0.15, 0.2) is 67.7 Å². The van der Waals surface area contributed by atoms with Crippen molar-refractivity contribution in [1.29, 1.82) is 5.26 Å². The Balaban J connectivity index is 2.14. The minimum absolute atomic E-state index is 0.0920. The molecule has 124 valence electrons. The van der Waals surface area contributed by atoms with Crippen molar-refractivity contribution in [1.82, 2.24) is 9.78 Å². The van der Waals surface area contributed by atoms with Gasteiger partial charge < -0.3 is 0 Å². The first-order valence-corrected chi connectivity index (χ1v) is 9.21. The number of nitrogens with zero attached hydrogens (tertiary/aromatic N) is 3. The smallest absolute Gasteiger partial charge is 0.266 e. The van der Waals surface area contributed by atoms with Crippen molar-refractivity contribution in [3.8, 4) is 11.8 Å². The molecule has 0 atom stereocenters. The van der Waals surface area contributed by atoms with Crippen molar-refractivity contribution in [2.75, 3.05) is 0 Å². The molecule has 7 heteroatoms. The first-order valence-electron chi connectivity index (χ1n) is 7.23. The van der Waals surface area contributed by atoms with E-state index in [-0.39, 0.29) is 5.56 Å². The van der Waals surface area contributed by atoms with Gasteiger partial charge in [0.05, 0.1) is 5.69 Å². The Kier molecular flexibility index (Phi) is 5.28. The SMILES string of the molecule is Cc1c(Sc2ccc(Cl)cc2)nn(-c2ccc(Br)cc2)c(=O)c1C#N. The molecule has 0 unspecified atom stereocenters. The highest BCUT2D eigenvalue weighted by molar-refractivity contribution is 9.10. The number of hydrogen-bond donors (Lipinski definition) is 0. The second-order valence-corrected chi connectivity index (χ2v) is 7.58. The Hall–Kier alpha value is -2.07. The van der Waals surface area contributed by atoms with Crippen LogP contribution in [0.25, 0.3) is 5.69 Å². The Bertz CT molecular complexity index is 1020. The van der Waals surface area contributed by atoms with E-state index in [1.165, 1.54) is 16.4 Å². The predicted molar refractivity (Wildman–Crippen MR) is 103 cm³/mol. The summed E-state index contributed by atoms with van der Waals surface area (Å²) >= 11 is 10.7. The Morgan fingerprint density at radius 1 is 1.16 bits per heavy atom. The van der Waals surface area contributed by atoms with Gasteiger partial charge in [0.2, 0.25) is 0 Å². The summed E-state index contributed by atoms with van der Waals surface area (Å²) in [4.78, 5) is 13.5. The normalized spacial score (nSPS) is 10.5. The number of aromatic nitrogens is 2. The summed E-state index contributed by atoms with van der Waals surface area (Å²) in [5.74, 6) is 0. The lowest BCUT2D eigenvalue weighted by Gasteiger charge is -2.11. The van der Waals surface area contributed by atoms with Crippen LogP contribution >= 0.6 is 39.3 Å². The lowest BCUT2D eigenvalue weighted by Crippen LogP contribution is -2.25. The second-order valence-electron chi connectivity index (χ2n) is 5.17. The molecule has 0 fully saturated rings. The summed E-state index contributed by atoms with van der Waals surface area (Å²) in [5.41, 5.74) is 0.834. The molecule has 0 spiro atoms. The van der Waals surface area contributed by atoms with E-state index in [9.17, 15) is 10.1 Å². The minimum atomic E-state index is -0.428. The van der Waals surface area contributed by atoms with E-state index in [4.69, 9.17) is 11.6 Å². The number of rotatable bonds is 3. The van der Waals surface area contributed by atoms with Crippen LogP contribution in [-0.4, -0.2) is 9.78 Å². The molecule has 0 saturated carbocycles. The van der Waals surface area contributed by atoms with Gasteiger partial charge in [-0.2, -0.15) is 15.0 Å². The van der Waals surface area contributed by atoms with E-state index in [0.29, 0.717) is 21.3 Å². The molecule has 2 aromatic carbocycles. The molecule has 3 rings (SSSR count). The number of halogens is 2. The third kappa shape index (κ3) is 3.79. The summed E-state index contributed by atoms with van der Waals surface area (Å²) in [6.07, 6.45) is 0. The highest BCUT2D eigenvalue weighted by Gasteiger charge is 2.16. The fourth-order valence-electron chi connectivity index (χ4n) is 2.18. The quantitative estimate of drug-likeness (QED) is 0.585. The molecule has 0 amide bonds. The van der Waals surface area contributed by atoms with Gasteiger partial charge in [-0.1, -0.05) is 39.3 Å². The molecule has 0 radical (unpaired) electrons. The summed E-state index contributed by atoms with van der Waals surface area (Å²) in [6.45, 7) is 1.73. The van der Waals surface area contributed by atoms with Crippen LogP contribution in [0.4, 0.5) is 0 Å². The van der Waals surface area contributed by atoms with Crippen LogP contribution in [0.5, 0.6) is 0 Å². The van der Waals surface area contributed by atoms with Gasteiger partial charge in [-0.25, -0.2) is 0 Å². The molecule has 0 saturated heterocycles. The van der Waals surface area contributed by atoms with Crippen LogP contribution in [0.1, 0.15) is 11.1 Å². The predicted octanol–water partition coefficient (Wildman–Crippen LogP) is 4.98. The lowest BCUT2D eigenvalue weighted by molar-refractivity contribution is 0.738. The number of hydrogen-bond acceptors (Lipinski definition) is 4. The van der Waals surface area contributed by atoms with Gasteiger partial charge in [0.1, 0.15) is 16.7 Å². The first kappa shape index (κ1) is 17.7. The molecule has 25 heavy (non-hydrogen) atoms. The number of benzene rings is 2. The van der Waals surface area contributed by atoms with Crippen LogP contribution in [-0.2, 0) is 0 Å². The lowest BCUT2D eigenvalue weighted by atomic mass is 10.2. The molecule has 0 aliphatic heterocycles. The standard InChI is InChI=1S/C18H11BrClN3OS/c1-11-16(10-21)18(24)23(14-6-2-12(19)3-7-14)22-17(11)25-15-8-4-13(20)5-9-15/h2-9H,1H3. The third-order valence-corrected chi connectivity index (χ3v) is 5.37. The fraction of sp³-hybridized carbons (Fsp3) is 0.0556. The summed E-state index contributed by atoms with van der Waals surface area (Å²) in [5, 5.41) is 15.1. The van der Waals surface area contributed by atoms with Crippen LogP contribution in [0.3, 0.4) is 0 Å². The molecule has 0 aliphatic carbocycles. The van der Waals surface area contributed by atoms with Crippen molar-refractivity contribution in [3.05, 3.63) is 79.5 Å². The molecule has 0 N–H and O–H groups in total. The highest BCUT2D eigenvalue weighted by atomic mass is 79.9. The van der Waals surface area contributed by atoms with E-state index in [1.54, 1.807) is 31.2 Å². The van der Waals surface area contributed by atoms with E-state index >= 15 is 0 Å². The molecule has 0 bridgehead atoms. The maximum absolute atomic E-state index is 12.6. The molecule has 1 aromatic heterocycles. The fourth-order valence-corrected chi connectivity index (χ4v) is 3.45. The average Bonchev–Trinajstić information content (AvgIpc) is 2.61. The zero-order valence-electron chi connectivity index (χ0n) is 13.0. The topological polar surface area (TPSA) is 58.7 Å². The Morgan fingerprint density at radius 2 is 1.80 bits per heavy atom. The summed E-state index contributed by atoms with van der Waals surface area (Å²) in [7, 11) is 0. The molecular weight excluding hydrogens is 422 g/mol. The number of nitriles is 1. The molecule has 1 heterocycles. The van der Waals surface area contributed by atoms with E-state index < -0.39 is 5.56 Å². The molecule has 0 aliphatic rings. The molecule has 4 nitrogen and oxygen atoms in total. The maximum atomic E-state index is 12.6. The van der Waals surface area contributed by atoms with Gasteiger partial charge in [-0.05, 0) is 55.5 Å². The second kappa shape index (κ2) is 7.44. The van der Waals surface area contributed by atoms with Crippen molar-refractivity contribution >= 4 is 39.3 Å². The van der Waals surface area contributed by atoms with Gasteiger partial charge >= 0.3 is 0 Å². The highest BCUT2D eigenvalue weighted by Crippen LogP contribution is 2.30. The Morgan fingerprint density at radius 3 is 2.40 bits per heavy atom. The zero-order chi connectivity index (χ0) is 18.0. The van der Waals surface area contributed by atoms with Gasteiger partial charge in [0.25, 0.3) is 5.56 Å². The van der Waals surface area contributed by atoms with Gasteiger partial charge in [0.15, 0.2) is 0 Å². The van der Waals surface area contributed by atoms with E-state index in [2.05, 4.69) is 21.0 Å².